The summed E-state index contributed by atoms with van der Waals surface area (Å²) in [6.07, 6.45) is 3.33. The molecule has 1 atom stereocenters. The molecule has 2 aliphatic heterocycles. The van der Waals surface area contributed by atoms with E-state index in [-0.39, 0.29) is 16.5 Å². The van der Waals surface area contributed by atoms with E-state index in [9.17, 15) is 22.8 Å². The number of hydrogen-bond acceptors (Lipinski definition) is 7. The number of likely N-dealkylation sites (N-methyl/N-ethyl adjacent to an activating group) is 1. The summed E-state index contributed by atoms with van der Waals surface area (Å²) in [7, 11) is -3.64. The molecule has 3 N–H and O–H groups in total. The number of hydrazine groups is 1. The fraction of sp³-hybridized carbons (Fsp3) is 0.480. The molecule has 1 aromatic carbocycles. The number of nitrogens with zero attached hydrogens (tertiary/aromatic N) is 2. The first-order valence-corrected chi connectivity index (χ1v) is 14.7. The van der Waals surface area contributed by atoms with Gasteiger partial charge < -0.3 is 5.32 Å². The Bertz CT molecular complexity index is 1290. The Balaban J connectivity index is 1.56. The van der Waals surface area contributed by atoms with Gasteiger partial charge in [0.2, 0.25) is 15.9 Å². The number of anilines is 1. The van der Waals surface area contributed by atoms with Crippen molar-refractivity contribution in [3.8, 4) is 0 Å². The smallest absolute Gasteiger partial charge is 0.272 e. The molecule has 12 heteroatoms. The highest BCUT2D eigenvalue weighted by Crippen LogP contribution is 2.37. The molecule has 10 nitrogen and oxygen atoms in total. The normalized spacial score (nSPS) is 18.6. The average Bonchev–Trinajstić information content (AvgIpc) is 3.24. The van der Waals surface area contributed by atoms with Gasteiger partial charge in [0, 0.05) is 43.0 Å². The second kappa shape index (κ2) is 11.3. The molecule has 0 aliphatic carbocycles. The number of carbonyl (C=O) groups excluding carboxylic acids is 3. The number of thiophene rings is 1. The monoisotopic (exact) mass is 547 g/mol. The predicted molar refractivity (Wildman–Crippen MR) is 142 cm³/mol. The summed E-state index contributed by atoms with van der Waals surface area (Å²) in [6.45, 7) is 8.11. The summed E-state index contributed by atoms with van der Waals surface area (Å²) in [6, 6.07) is 5.82. The Kier molecular flexibility index (Phi) is 8.32. The minimum Gasteiger partial charge on any atom is -0.313 e. The van der Waals surface area contributed by atoms with Crippen LogP contribution in [0, 0.1) is 0 Å². The van der Waals surface area contributed by atoms with Gasteiger partial charge in [-0.2, -0.15) is 4.31 Å². The second-order valence-corrected chi connectivity index (χ2v) is 12.4. The summed E-state index contributed by atoms with van der Waals surface area (Å²) < 4.78 is 27.8. The van der Waals surface area contributed by atoms with Crippen molar-refractivity contribution < 1.29 is 22.8 Å². The summed E-state index contributed by atoms with van der Waals surface area (Å²) in [5, 5.41) is 3.24. The van der Waals surface area contributed by atoms with E-state index >= 15 is 0 Å². The van der Waals surface area contributed by atoms with Crippen molar-refractivity contribution in [3.05, 3.63) is 45.8 Å². The van der Waals surface area contributed by atoms with Gasteiger partial charge in [-0.3, -0.25) is 30.1 Å². The Morgan fingerprint density at radius 1 is 1.05 bits per heavy atom. The Hall–Kier alpha value is -2.80. The van der Waals surface area contributed by atoms with Crippen LogP contribution in [0.25, 0.3) is 0 Å². The highest BCUT2D eigenvalue weighted by atomic mass is 32.2. The fourth-order valence-electron chi connectivity index (χ4n) is 4.78. The maximum absolute atomic E-state index is 13.1. The van der Waals surface area contributed by atoms with Gasteiger partial charge in [0.25, 0.3) is 11.8 Å². The van der Waals surface area contributed by atoms with E-state index in [4.69, 9.17) is 0 Å². The summed E-state index contributed by atoms with van der Waals surface area (Å²) in [5.41, 5.74) is 6.20. The molecule has 1 fully saturated rings. The summed E-state index contributed by atoms with van der Waals surface area (Å²) in [5.74, 6) is -1.35. The lowest BCUT2D eigenvalue weighted by atomic mass is 10.0. The second-order valence-electron chi connectivity index (χ2n) is 9.40. The lowest BCUT2D eigenvalue weighted by molar-refractivity contribution is -0.119. The van der Waals surface area contributed by atoms with Crippen LogP contribution in [-0.2, 0) is 27.8 Å². The Morgan fingerprint density at radius 3 is 2.43 bits per heavy atom. The maximum Gasteiger partial charge on any atom is 0.272 e. The molecule has 4 rings (SSSR count). The number of rotatable bonds is 6. The van der Waals surface area contributed by atoms with Crippen LogP contribution in [0.3, 0.4) is 0 Å². The molecule has 2 aliphatic rings. The number of fused-ring (bicyclic) bond motifs is 1. The molecule has 0 radical (unpaired) electrons. The summed E-state index contributed by atoms with van der Waals surface area (Å²) in [4.78, 5) is 40.8. The topological polar surface area (TPSA) is 128 Å². The minimum atomic E-state index is -3.64. The lowest BCUT2D eigenvalue weighted by Gasteiger charge is -2.32. The molecule has 1 saturated heterocycles. The van der Waals surface area contributed by atoms with Crippen LogP contribution in [0.5, 0.6) is 0 Å². The van der Waals surface area contributed by atoms with Crippen LogP contribution >= 0.6 is 11.3 Å². The zero-order valence-corrected chi connectivity index (χ0v) is 22.9. The third kappa shape index (κ3) is 5.87. The van der Waals surface area contributed by atoms with Crippen molar-refractivity contribution in [1.29, 1.82) is 0 Å². The number of carbonyl (C=O) groups is 3. The molecule has 0 spiro atoms. The molecule has 3 amide bonds. The molecule has 0 bridgehead atoms. The maximum atomic E-state index is 13.1. The van der Waals surface area contributed by atoms with Crippen LogP contribution in [0.2, 0.25) is 0 Å². The van der Waals surface area contributed by atoms with Gasteiger partial charge in [0.15, 0.2) is 0 Å². The van der Waals surface area contributed by atoms with E-state index in [1.807, 2.05) is 6.92 Å². The van der Waals surface area contributed by atoms with Crippen molar-refractivity contribution in [1.82, 2.24) is 20.1 Å². The van der Waals surface area contributed by atoms with E-state index in [1.54, 1.807) is 0 Å². The first kappa shape index (κ1) is 27.2. The first-order valence-electron chi connectivity index (χ1n) is 12.5. The largest absolute Gasteiger partial charge is 0.313 e. The van der Waals surface area contributed by atoms with Crippen molar-refractivity contribution in [3.63, 3.8) is 0 Å². The highest BCUT2D eigenvalue weighted by molar-refractivity contribution is 7.89. The van der Waals surface area contributed by atoms with Crippen LogP contribution in [0.15, 0.2) is 29.2 Å². The van der Waals surface area contributed by atoms with Gasteiger partial charge in [-0.1, -0.05) is 13.3 Å². The fourth-order valence-corrected chi connectivity index (χ4v) is 7.76. The standard InChI is InChI=1S/C25H33N5O5S2/c1-4-29-14-12-20-21(15-29)36-25(22(20)24(33)28-27-17(3)31)26-23(32)18-8-10-19(11-9-18)37(34,35)30-13-6-5-7-16(30)2/h8-11,16H,4-7,12-15H2,1-3H3,(H,26,32)(H,27,31)(H,28,33). The summed E-state index contributed by atoms with van der Waals surface area (Å²) >= 11 is 1.34. The third-order valence-electron chi connectivity index (χ3n) is 6.85. The molecule has 37 heavy (non-hydrogen) atoms. The van der Waals surface area contributed by atoms with Gasteiger partial charge in [-0.25, -0.2) is 8.42 Å². The minimum absolute atomic E-state index is 0.0581. The van der Waals surface area contributed by atoms with E-state index in [0.29, 0.717) is 30.1 Å². The van der Waals surface area contributed by atoms with E-state index in [0.717, 1.165) is 42.8 Å². The zero-order chi connectivity index (χ0) is 26.7. The van der Waals surface area contributed by atoms with Crippen LogP contribution < -0.4 is 16.2 Å². The van der Waals surface area contributed by atoms with Crippen LogP contribution in [-0.4, -0.2) is 61.0 Å². The van der Waals surface area contributed by atoms with Crippen molar-refractivity contribution >= 4 is 44.1 Å². The van der Waals surface area contributed by atoms with Gasteiger partial charge in [0.1, 0.15) is 5.00 Å². The molecular weight excluding hydrogens is 514 g/mol. The van der Waals surface area contributed by atoms with Gasteiger partial charge in [0.05, 0.1) is 10.5 Å². The quantitative estimate of drug-likeness (QED) is 0.477. The van der Waals surface area contributed by atoms with E-state index in [2.05, 4.69) is 28.0 Å². The number of amides is 3. The first-order chi connectivity index (χ1) is 17.6. The predicted octanol–water partition coefficient (Wildman–Crippen LogP) is 2.72. The van der Waals surface area contributed by atoms with Crippen molar-refractivity contribution in [2.45, 2.75) is 63.9 Å². The van der Waals surface area contributed by atoms with Crippen molar-refractivity contribution in [2.75, 3.05) is 25.0 Å². The molecule has 1 unspecified atom stereocenters. The lowest BCUT2D eigenvalue weighted by Crippen LogP contribution is -2.41. The van der Waals surface area contributed by atoms with Crippen molar-refractivity contribution in [2.24, 2.45) is 0 Å². The van der Waals surface area contributed by atoms with Crippen LogP contribution in [0.1, 0.15) is 71.2 Å². The third-order valence-corrected chi connectivity index (χ3v) is 10.0. The van der Waals surface area contributed by atoms with Crippen LogP contribution in [0.4, 0.5) is 5.00 Å². The Morgan fingerprint density at radius 2 is 1.78 bits per heavy atom. The van der Waals surface area contributed by atoms with E-state index < -0.39 is 27.7 Å². The SMILES string of the molecule is CCN1CCc2c(sc(NC(=O)c3ccc(S(=O)(=O)N4CCCCC4C)cc3)c2C(=O)NNC(C)=O)C1. The zero-order valence-electron chi connectivity index (χ0n) is 21.3. The molecular formula is C25H33N5O5S2. The molecule has 0 saturated carbocycles. The number of nitrogens with one attached hydrogen (secondary N) is 3. The average molecular weight is 548 g/mol. The highest BCUT2D eigenvalue weighted by Gasteiger charge is 2.32. The molecule has 3 heterocycles. The number of benzene rings is 1. The Labute approximate surface area is 221 Å². The van der Waals surface area contributed by atoms with Gasteiger partial charge in [-0.15, -0.1) is 11.3 Å². The number of hydrogen-bond donors (Lipinski definition) is 3. The molecule has 200 valence electrons. The number of sulfonamides is 1. The van der Waals surface area contributed by atoms with Gasteiger partial charge >= 0.3 is 0 Å². The van der Waals surface area contributed by atoms with E-state index in [1.165, 1.54) is 46.8 Å². The number of piperidine rings is 1. The molecule has 1 aromatic heterocycles. The van der Waals surface area contributed by atoms with Gasteiger partial charge in [-0.05, 0) is 62.6 Å². The molecule has 2 aromatic rings.